The first-order chi connectivity index (χ1) is 28.7. The van der Waals surface area contributed by atoms with Crippen molar-refractivity contribution in [2.45, 2.75) is 0 Å². The Morgan fingerprint density at radius 3 is 1.22 bits per heavy atom. The van der Waals surface area contributed by atoms with E-state index in [2.05, 4.69) is 155 Å². The van der Waals surface area contributed by atoms with Crippen LogP contribution in [0.2, 0.25) is 0 Å². The van der Waals surface area contributed by atoms with Crippen molar-refractivity contribution in [3.05, 3.63) is 170 Å². The van der Waals surface area contributed by atoms with Crippen molar-refractivity contribution in [1.82, 2.24) is 9.13 Å². The summed E-state index contributed by atoms with van der Waals surface area (Å²) in [6, 6.07) is 61.6. The van der Waals surface area contributed by atoms with Gasteiger partial charge in [0.15, 0.2) is 0 Å². The molecule has 0 atom stereocenters. The second-order valence-corrected chi connectivity index (χ2v) is 17.3. The van der Waals surface area contributed by atoms with Crippen LogP contribution in [0.3, 0.4) is 0 Å². The number of hydrogen-bond donors (Lipinski definition) is 0. The maximum absolute atomic E-state index is 6.23. The van der Waals surface area contributed by atoms with Crippen LogP contribution in [0.15, 0.2) is 179 Å². The van der Waals surface area contributed by atoms with Gasteiger partial charge in [0, 0.05) is 74.6 Å². The minimum Gasteiger partial charge on any atom is -0.456 e. The smallest absolute Gasteiger partial charge is 0.135 e. The Hall–Kier alpha value is -7.12. The second kappa shape index (κ2) is 11.3. The largest absolute Gasteiger partial charge is 0.456 e. The third-order valence-corrected chi connectivity index (χ3v) is 14.5. The first-order valence-corrected chi connectivity index (χ1v) is 21.1. The highest BCUT2D eigenvalue weighted by atomic mass is 32.1. The summed E-state index contributed by atoms with van der Waals surface area (Å²) in [6.07, 6.45) is 0. The van der Waals surface area contributed by atoms with Gasteiger partial charge in [-0.2, -0.15) is 0 Å². The van der Waals surface area contributed by atoms with Crippen LogP contribution >= 0.6 is 22.7 Å². The lowest BCUT2D eigenvalue weighted by atomic mass is 10.00. The van der Waals surface area contributed by atoms with Crippen LogP contribution in [-0.2, 0) is 0 Å². The molecule has 0 aliphatic carbocycles. The molecule has 58 heavy (non-hydrogen) atoms. The summed E-state index contributed by atoms with van der Waals surface area (Å²) in [5, 5.41) is 12.2. The molecule has 8 aromatic carbocycles. The van der Waals surface area contributed by atoms with Crippen molar-refractivity contribution < 1.29 is 8.83 Å². The average molecular weight is 777 g/mol. The van der Waals surface area contributed by atoms with Gasteiger partial charge in [-0.05, 0) is 96.1 Å². The predicted molar refractivity (Wildman–Crippen MR) is 246 cm³/mol. The molecule has 14 aromatic rings. The van der Waals surface area contributed by atoms with E-state index in [1.165, 1.54) is 73.5 Å². The van der Waals surface area contributed by atoms with Gasteiger partial charge in [0.1, 0.15) is 32.0 Å². The van der Waals surface area contributed by atoms with E-state index in [1.807, 2.05) is 46.9 Å². The van der Waals surface area contributed by atoms with Gasteiger partial charge in [0.05, 0.1) is 11.0 Å². The maximum atomic E-state index is 6.23. The van der Waals surface area contributed by atoms with E-state index in [0.717, 1.165) is 55.3 Å². The molecule has 0 aliphatic rings. The van der Waals surface area contributed by atoms with Gasteiger partial charge < -0.3 is 18.0 Å². The molecule has 6 heteroatoms. The Balaban J connectivity index is 1.00. The van der Waals surface area contributed by atoms with E-state index < -0.39 is 0 Å². The lowest BCUT2D eigenvalue weighted by Gasteiger charge is -2.10. The third kappa shape index (κ3) is 4.12. The van der Waals surface area contributed by atoms with E-state index in [4.69, 9.17) is 8.83 Å². The monoisotopic (exact) mass is 776 g/mol. The van der Waals surface area contributed by atoms with Crippen molar-refractivity contribution in [2.24, 2.45) is 0 Å². The fourth-order valence-corrected chi connectivity index (χ4v) is 12.1. The quantitative estimate of drug-likeness (QED) is 0.179. The zero-order valence-electron chi connectivity index (χ0n) is 30.7. The minimum atomic E-state index is 0.906. The van der Waals surface area contributed by atoms with Crippen LogP contribution in [-0.4, -0.2) is 9.13 Å². The summed E-state index contributed by atoms with van der Waals surface area (Å²) in [7, 11) is 0. The Morgan fingerprint density at radius 1 is 0.328 bits per heavy atom. The molecule has 6 heterocycles. The zero-order valence-corrected chi connectivity index (χ0v) is 32.3. The summed E-state index contributed by atoms with van der Waals surface area (Å²) in [4.78, 5) is 2.50. The van der Waals surface area contributed by atoms with Gasteiger partial charge in [-0.1, -0.05) is 84.9 Å². The first kappa shape index (κ1) is 31.0. The number of benzene rings is 8. The zero-order chi connectivity index (χ0) is 37.6. The van der Waals surface area contributed by atoms with Crippen LogP contribution < -0.4 is 0 Å². The van der Waals surface area contributed by atoms with Crippen LogP contribution in [0, 0.1) is 0 Å². The number of thiophene rings is 2. The van der Waals surface area contributed by atoms with Crippen LogP contribution in [0.5, 0.6) is 0 Å². The SMILES string of the molecule is c1ccc2c(c1)oc1ccc(-n3c4ccc(-c5ccc6c(c5)c5c7ccccc7sc5n6-c5ccc6oc7ccccc7c6c5)cc4c4c5ccccc5sc43)cc12. The molecule has 0 bridgehead atoms. The van der Waals surface area contributed by atoms with E-state index in [-0.39, 0.29) is 0 Å². The summed E-state index contributed by atoms with van der Waals surface area (Å²) >= 11 is 3.72. The Bertz CT molecular complexity index is 3790. The van der Waals surface area contributed by atoms with Crippen LogP contribution in [0.4, 0.5) is 0 Å². The second-order valence-electron chi connectivity index (χ2n) is 15.2. The average Bonchev–Trinajstić information content (AvgIpc) is 4.11. The summed E-state index contributed by atoms with van der Waals surface area (Å²) in [5.41, 5.74) is 10.7. The van der Waals surface area contributed by atoms with Gasteiger partial charge in [0.25, 0.3) is 0 Å². The molecule has 0 fully saturated rings. The fraction of sp³-hybridized carbons (Fsp3) is 0. The summed E-state index contributed by atoms with van der Waals surface area (Å²) in [5.74, 6) is 0. The summed E-state index contributed by atoms with van der Waals surface area (Å²) in [6.45, 7) is 0. The van der Waals surface area contributed by atoms with Gasteiger partial charge in [-0.3, -0.25) is 0 Å². The van der Waals surface area contributed by atoms with Crippen molar-refractivity contribution >= 4 is 129 Å². The molecule has 0 saturated carbocycles. The Kier molecular flexibility index (Phi) is 6.02. The molecule has 0 spiro atoms. The van der Waals surface area contributed by atoms with Gasteiger partial charge in [-0.25, -0.2) is 0 Å². The van der Waals surface area contributed by atoms with Gasteiger partial charge in [0.2, 0.25) is 0 Å². The third-order valence-electron chi connectivity index (χ3n) is 12.1. The van der Waals surface area contributed by atoms with Gasteiger partial charge in [-0.15, -0.1) is 22.7 Å². The fourth-order valence-electron chi connectivity index (χ4n) is 9.56. The number of aromatic nitrogens is 2. The first-order valence-electron chi connectivity index (χ1n) is 19.5. The summed E-state index contributed by atoms with van der Waals surface area (Å²) < 4.78 is 19.9. The molecular weight excluding hydrogens is 749 g/mol. The van der Waals surface area contributed by atoms with Crippen LogP contribution in [0.1, 0.15) is 0 Å². The van der Waals surface area contributed by atoms with Crippen molar-refractivity contribution in [3.63, 3.8) is 0 Å². The lowest BCUT2D eigenvalue weighted by Crippen LogP contribution is -1.93. The van der Waals surface area contributed by atoms with Crippen LogP contribution in [0.25, 0.3) is 129 Å². The van der Waals surface area contributed by atoms with E-state index in [0.29, 0.717) is 0 Å². The van der Waals surface area contributed by atoms with Crippen molar-refractivity contribution in [2.75, 3.05) is 0 Å². The Morgan fingerprint density at radius 2 is 0.741 bits per heavy atom. The minimum absolute atomic E-state index is 0.906. The lowest BCUT2D eigenvalue weighted by molar-refractivity contribution is 0.668. The topological polar surface area (TPSA) is 36.1 Å². The molecule has 0 N–H and O–H groups in total. The molecule has 0 aliphatic heterocycles. The number of para-hydroxylation sites is 2. The highest BCUT2D eigenvalue weighted by molar-refractivity contribution is 7.26. The molecule has 14 rings (SSSR count). The number of hydrogen-bond acceptors (Lipinski definition) is 4. The molecule has 0 amide bonds. The predicted octanol–water partition coefficient (Wildman–Crippen LogP) is 15.8. The van der Waals surface area contributed by atoms with Gasteiger partial charge >= 0.3 is 0 Å². The molecule has 270 valence electrons. The molecule has 0 radical (unpaired) electrons. The highest BCUT2D eigenvalue weighted by Crippen LogP contribution is 2.47. The normalized spacial score (nSPS) is 12.5. The van der Waals surface area contributed by atoms with Crippen molar-refractivity contribution in [3.8, 4) is 22.5 Å². The van der Waals surface area contributed by atoms with E-state index in [1.54, 1.807) is 0 Å². The number of furan rings is 2. The molecule has 6 aromatic heterocycles. The molecule has 0 unspecified atom stereocenters. The van der Waals surface area contributed by atoms with E-state index >= 15 is 0 Å². The number of fused-ring (bicyclic) bond motifs is 16. The standard InChI is InChI=1S/C52H28N2O2S2/c1-5-13-43-33(9-1)37-27-31(19-23-45(37)55-43)53-41-21-17-29(25-39(41)49-35-11-3-7-15-47(35)57-51(49)53)30-18-22-42-40(26-30)50-36-12-4-8-16-48(36)58-52(50)54(42)32-20-24-46-38(28-32)34-10-2-6-14-44(34)56-46/h1-28H. The molecule has 0 saturated heterocycles. The maximum Gasteiger partial charge on any atom is 0.135 e. The number of rotatable bonds is 3. The molecular formula is C52H28N2O2S2. The number of nitrogens with zero attached hydrogens (tertiary/aromatic N) is 2. The Labute approximate surface area is 337 Å². The van der Waals surface area contributed by atoms with E-state index in [9.17, 15) is 0 Å². The molecule has 4 nitrogen and oxygen atoms in total. The van der Waals surface area contributed by atoms with Crippen molar-refractivity contribution in [1.29, 1.82) is 0 Å². The highest BCUT2D eigenvalue weighted by Gasteiger charge is 2.22.